The summed E-state index contributed by atoms with van der Waals surface area (Å²) in [6, 6.07) is 14.7. The lowest BCUT2D eigenvalue weighted by Crippen LogP contribution is -2.08. The van der Waals surface area contributed by atoms with Crippen LogP contribution in [0.4, 0.5) is 5.82 Å². The lowest BCUT2D eigenvalue weighted by molar-refractivity contribution is 0.0696. The summed E-state index contributed by atoms with van der Waals surface area (Å²) in [5, 5.41) is 22.3. The minimum absolute atomic E-state index is 0.290. The third-order valence-corrected chi connectivity index (χ3v) is 3.26. The standard InChI is InChI=1S/C16H13N3O2/c20-16(21)14-8-4-2-5-11(14)9-17-15-13-7-3-1-6-12(13)10-18-19-15/h1-8,10H,9H2,(H,17,19)(H,20,21). The number of benzene rings is 2. The molecule has 104 valence electrons. The van der Waals surface area contributed by atoms with Gasteiger partial charge in [0.05, 0.1) is 11.8 Å². The highest BCUT2D eigenvalue weighted by Gasteiger charge is 2.09. The minimum Gasteiger partial charge on any atom is -0.478 e. The van der Waals surface area contributed by atoms with Gasteiger partial charge in [0.1, 0.15) is 0 Å². The molecule has 2 N–H and O–H groups in total. The average molecular weight is 279 g/mol. The predicted molar refractivity (Wildman–Crippen MR) is 80.3 cm³/mol. The fraction of sp³-hybridized carbons (Fsp3) is 0.0625. The van der Waals surface area contributed by atoms with Crippen molar-refractivity contribution in [3.63, 3.8) is 0 Å². The lowest BCUT2D eigenvalue weighted by Gasteiger charge is -2.09. The van der Waals surface area contributed by atoms with Gasteiger partial charge < -0.3 is 10.4 Å². The molecule has 1 heterocycles. The summed E-state index contributed by atoms with van der Waals surface area (Å²) in [4.78, 5) is 11.2. The first-order valence-corrected chi connectivity index (χ1v) is 6.51. The van der Waals surface area contributed by atoms with E-state index in [9.17, 15) is 9.90 Å². The Morgan fingerprint density at radius 2 is 1.86 bits per heavy atom. The van der Waals surface area contributed by atoms with Gasteiger partial charge in [0.2, 0.25) is 0 Å². The summed E-state index contributed by atoms with van der Waals surface area (Å²) >= 11 is 0. The van der Waals surface area contributed by atoms with Crippen LogP contribution in [0.3, 0.4) is 0 Å². The Hall–Kier alpha value is -2.95. The van der Waals surface area contributed by atoms with E-state index in [-0.39, 0.29) is 5.56 Å². The van der Waals surface area contributed by atoms with Crippen molar-refractivity contribution in [2.24, 2.45) is 0 Å². The van der Waals surface area contributed by atoms with E-state index >= 15 is 0 Å². The van der Waals surface area contributed by atoms with Gasteiger partial charge in [-0.05, 0) is 11.6 Å². The molecule has 3 aromatic rings. The fourth-order valence-electron chi connectivity index (χ4n) is 2.22. The number of aromatic carboxylic acids is 1. The number of carbonyl (C=O) groups is 1. The normalized spacial score (nSPS) is 10.5. The molecule has 5 nitrogen and oxygen atoms in total. The van der Waals surface area contributed by atoms with Gasteiger partial charge in [-0.2, -0.15) is 5.10 Å². The van der Waals surface area contributed by atoms with Crippen molar-refractivity contribution >= 4 is 22.6 Å². The first-order valence-electron chi connectivity index (χ1n) is 6.51. The fourth-order valence-corrected chi connectivity index (χ4v) is 2.22. The van der Waals surface area contributed by atoms with E-state index in [1.807, 2.05) is 30.3 Å². The Labute approximate surface area is 121 Å². The van der Waals surface area contributed by atoms with E-state index in [1.54, 1.807) is 24.4 Å². The molecule has 0 saturated carbocycles. The number of aromatic nitrogens is 2. The summed E-state index contributed by atoms with van der Waals surface area (Å²) in [5.74, 6) is -0.287. The Morgan fingerprint density at radius 1 is 1.10 bits per heavy atom. The molecular formula is C16H13N3O2. The average Bonchev–Trinajstić information content (AvgIpc) is 2.53. The van der Waals surface area contributed by atoms with E-state index in [4.69, 9.17) is 0 Å². The topological polar surface area (TPSA) is 75.1 Å². The zero-order chi connectivity index (χ0) is 14.7. The SMILES string of the molecule is O=C(O)c1ccccc1CNc1nncc2ccccc12. The van der Waals surface area contributed by atoms with Crippen molar-refractivity contribution in [1.82, 2.24) is 10.2 Å². The molecule has 0 unspecified atom stereocenters. The van der Waals surface area contributed by atoms with Gasteiger partial charge in [0.25, 0.3) is 0 Å². The summed E-state index contributed by atoms with van der Waals surface area (Å²) < 4.78 is 0. The highest BCUT2D eigenvalue weighted by atomic mass is 16.4. The molecule has 0 fully saturated rings. The highest BCUT2D eigenvalue weighted by molar-refractivity contribution is 5.91. The summed E-state index contributed by atoms with van der Waals surface area (Å²) in [6.07, 6.45) is 1.70. The molecule has 0 amide bonds. The van der Waals surface area contributed by atoms with Gasteiger partial charge >= 0.3 is 5.97 Å². The number of rotatable bonds is 4. The highest BCUT2D eigenvalue weighted by Crippen LogP contribution is 2.20. The number of fused-ring (bicyclic) bond motifs is 1. The minimum atomic E-state index is -0.934. The Bertz CT molecular complexity index is 797. The zero-order valence-electron chi connectivity index (χ0n) is 11.2. The number of nitrogens with one attached hydrogen (secondary N) is 1. The number of anilines is 1. The second kappa shape index (κ2) is 5.58. The Morgan fingerprint density at radius 3 is 2.71 bits per heavy atom. The maximum atomic E-state index is 11.2. The monoisotopic (exact) mass is 279 g/mol. The third-order valence-electron chi connectivity index (χ3n) is 3.26. The maximum Gasteiger partial charge on any atom is 0.336 e. The third kappa shape index (κ3) is 2.67. The quantitative estimate of drug-likeness (QED) is 0.768. The van der Waals surface area contributed by atoms with Crippen LogP contribution in [0, 0.1) is 0 Å². The Kier molecular flexibility index (Phi) is 3.47. The first kappa shape index (κ1) is 13.1. The number of hydrogen-bond donors (Lipinski definition) is 2. The van der Waals surface area contributed by atoms with Crippen molar-refractivity contribution in [2.45, 2.75) is 6.54 Å². The van der Waals surface area contributed by atoms with Crippen molar-refractivity contribution < 1.29 is 9.90 Å². The van der Waals surface area contributed by atoms with Gasteiger partial charge in [-0.3, -0.25) is 0 Å². The van der Waals surface area contributed by atoms with Crippen LogP contribution in [-0.2, 0) is 6.54 Å². The lowest BCUT2D eigenvalue weighted by atomic mass is 10.1. The molecule has 0 atom stereocenters. The zero-order valence-corrected chi connectivity index (χ0v) is 11.2. The van der Waals surface area contributed by atoms with Gasteiger partial charge in [-0.15, -0.1) is 5.10 Å². The predicted octanol–water partition coefficient (Wildman–Crippen LogP) is 2.94. The second-order valence-corrected chi connectivity index (χ2v) is 4.60. The molecule has 0 saturated heterocycles. The molecular weight excluding hydrogens is 266 g/mol. The molecule has 2 aromatic carbocycles. The second-order valence-electron chi connectivity index (χ2n) is 4.60. The number of hydrogen-bond acceptors (Lipinski definition) is 4. The largest absolute Gasteiger partial charge is 0.478 e. The van der Waals surface area contributed by atoms with Crippen LogP contribution in [0.5, 0.6) is 0 Å². The number of carboxylic acids is 1. The maximum absolute atomic E-state index is 11.2. The van der Waals surface area contributed by atoms with Gasteiger partial charge in [0.15, 0.2) is 5.82 Å². The molecule has 0 aliphatic rings. The molecule has 0 bridgehead atoms. The summed E-state index contributed by atoms with van der Waals surface area (Å²) in [6.45, 7) is 0.380. The van der Waals surface area contributed by atoms with Crippen LogP contribution in [0.1, 0.15) is 15.9 Å². The van der Waals surface area contributed by atoms with Crippen LogP contribution in [0.25, 0.3) is 10.8 Å². The van der Waals surface area contributed by atoms with Crippen molar-refractivity contribution in [3.05, 3.63) is 65.9 Å². The van der Waals surface area contributed by atoms with Crippen molar-refractivity contribution in [1.29, 1.82) is 0 Å². The van der Waals surface area contributed by atoms with E-state index in [1.165, 1.54) is 0 Å². The van der Waals surface area contributed by atoms with Crippen LogP contribution < -0.4 is 5.32 Å². The van der Waals surface area contributed by atoms with Crippen LogP contribution >= 0.6 is 0 Å². The van der Waals surface area contributed by atoms with E-state index in [2.05, 4.69) is 15.5 Å². The molecule has 0 aliphatic carbocycles. The van der Waals surface area contributed by atoms with Gasteiger partial charge in [-0.25, -0.2) is 4.79 Å². The molecule has 5 heteroatoms. The summed E-state index contributed by atoms with van der Waals surface area (Å²) in [5.41, 5.74) is 0.998. The number of nitrogens with zero attached hydrogens (tertiary/aromatic N) is 2. The number of carboxylic acid groups (broad SMARTS) is 1. The van der Waals surface area contributed by atoms with Crippen molar-refractivity contribution in [3.8, 4) is 0 Å². The van der Waals surface area contributed by atoms with Crippen molar-refractivity contribution in [2.75, 3.05) is 5.32 Å². The molecule has 0 radical (unpaired) electrons. The molecule has 1 aromatic heterocycles. The Balaban J connectivity index is 1.89. The van der Waals surface area contributed by atoms with E-state index in [0.29, 0.717) is 17.9 Å². The molecule has 0 aliphatic heterocycles. The smallest absolute Gasteiger partial charge is 0.336 e. The molecule has 0 spiro atoms. The molecule has 21 heavy (non-hydrogen) atoms. The van der Waals surface area contributed by atoms with Crippen LogP contribution in [0.15, 0.2) is 54.7 Å². The summed E-state index contributed by atoms with van der Waals surface area (Å²) in [7, 11) is 0. The van der Waals surface area contributed by atoms with Crippen LogP contribution in [-0.4, -0.2) is 21.3 Å². The first-order chi connectivity index (χ1) is 10.3. The molecule has 3 rings (SSSR count). The van der Waals surface area contributed by atoms with Gasteiger partial charge in [0, 0.05) is 17.3 Å². The van der Waals surface area contributed by atoms with E-state index < -0.39 is 5.97 Å². The van der Waals surface area contributed by atoms with E-state index in [0.717, 1.165) is 10.8 Å². The van der Waals surface area contributed by atoms with Gasteiger partial charge in [-0.1, -0.05) is 42.5 Å². The van der Waals surface area contributed by atoms with Crippen LogP contribution in [0.2, 0.25) is 0 Å².